The molecule has 3 atom stereocenters. The van der Waals surface area contributed by atoms with Gasteiger partial charge in [0, 0.05) is 34.9 Å². The lowest BCUT2D eigenvalue weighted by Gasteiger charge is -2.25. The van der Waals surface area contributed by atoms with Gasteiger partial charge in [-0.1, -0.05) is 12.1 Å². The molecule has 4 heteroatoms. The summed E-state index contributed by atoms with van der Waals surface area (Å²) in [5.41, 5.74) is 0. The summed E-state index contributed by atoms with van der Waals surface area (Å²) in [6.07, 6.45) is 2.26. The summed E-state index contributed by atoms with van der Waals surface area (Å²) in [6.45, 7) is 4.13. The van der Waals surface area contributed by atoms with E-state index in [1.54, 1.807) is 0 Å². The fourth-order valence-corrected chi connectivity index (χ4v) is 4.30. The lowest BCUT2D eigenvalue weighted by Crippen LogP contribution is -2.37. The summed E-state index contributed by atoms with van der Waals surface area (Å²) in [5, 5.41) is 8.17. The summed E-state index contributed by atoms with van der Waals surface area (Å²) >= 11 is 3.70. The van der Waals surface area contributed by atoms with Crippen LogP contribution in [0.25, 0.3) is 0 Å². The van der Waals surface area contributed by atoms with Crippen LogP contribution in [0.15, 0.2) is 35.0 Å². The quantitative estimate of drug-likeness (QED) is 0.867. The van der Waals surface area contributed by atoms with Crippen LogP contribution in [0.4, 0.5) is 0 Å². The summed E-state index contributed by atoms with van der Waals surface area (Å²) in [7, 11) is 0. The predicted octanol–water partition coefficient (Wildman–Crippen LogP) is 4.11. The predicted molar refractivity (Wildman–Crippen MR) is 86.6 cm³/mol. The monoisotopic (exact) mass is 307 g/mol. The zero-order valence-corrected chi connectivity index (χ0v) is 13.4. The van der Waals surface area contributed by atoms with E-state index >= 15 is 0 Å². The first-order valence-electron chi connectivity index (χ1n) is 7.22. The Labute approximate surface area is 128 Å². The Hall–Kier alpha value is -0.680. The molecule has 1 N–H and O–H groups in total. The smallest absolute Gasteiger partial charge is 0.0509 e. The minimum atomic E-state index is 0.421. The summed E-state index contributed by atoms with van der Waals surface area (Å²) in [5.74, 6) is 0.654. The van der Waals surface area contributed by atoms with Crippen molar-refractivity contribution in [3.05, 3.63) is 44.8 Å². The van der Waals surface area contributed by atoms with Gasteiger partial charge in [0.05, 0.1) is 6.61 Å². The van der Waals surface area contributed by atoms with E-state index in [4.69, 9.17) is 4.74 Å². The fourth-order valence-electron chi connectivity index (χ4n) is 2.76. The molecule has 108 valence electrons. The summed E-state index contributed by atoms with van der Waals surface area (Å²) in [6, 6.07) is 9.69. The lowest BCUT2D eigenvalue weighted by atomic mass is 9.99. The van der Waals surface area contributed by atoms with E-state index in [1.807, 2.05) is 22.7 Å². The van der Waals surface area contributed by atoms with Gasteiger partial charge in [0.25, 0.3) is 0 Å². The van der Waals surface area contributed by atoms with Gasteiger partial charge in [-0.15, -0.1) is 22.7 Å². The fraction of sp³-hybridized carbons (Fsp3) is 0.500. The third kappa shape index (κ3) is 3.50. The van der Waals surface area contributed by atoms with Crippen molar-refractivity contribution in [1.29, 1.82) is 0 Å². The van der Waals surface area contributed by atoms with Gasteiger partial charge in [-0.05, 0) is 42.2 Å². The SMILES string of the molecule is CC(NC(Cc1cccs1)c1cccs1)C1CCOC1. The highest BCUT2D eigenvalue weighted by Gasteiger charge is 2.25. The van der Waals surface area contributed by atoms with Gasteiger partial charge in [0.15, 0.2) is 0 Å². The molecule has 2 nitrogen and oxygen atoms in total. The molecule has 20 heavy (non-hydrogen) atoms. The summed E-state index contributed by atoms with van der Waals surface area (Å²) in [4.78, 5) is 2.88. The second-order valence-corrected chi connectivity index (χ2v) is 7.44. The van der Waals surface area contributed by atoms with Crippen molar-refractivity contribution in [2.45, 2.75) is 31.8 Å². The Morgan fingerprint density at radius 1 is 1.30 bits per heavy atom. The molecular formula is C16H21NOS2. The molecule has 0 spiro atoms. The van der Waals surface area contributed by atoms with Crippen LogP contribution in [0.3, 0.4) is 0 Å². The van der Waals surface area contributed by atoms with E-state index in [9.17, 15) is 0 Å². The highest BCUT2D eigenvalue weighted by atomic mass is 32.1. The first kappa shape index (κ1) is 14.3. The molecule has 0 aromatic carbocycles. The van der Waals surface area contributed by atoms with Crippen LogP contribution in [0.2, 0.25) is 0 Å². The van der Waals surface area contributed by atoms with Crippen LogP contribution < -0.4 is 5.32 Å². The molecule has 1 aliphatic rings. The number of ether oxygens (including phenoxy) is 1. The van der Waals surface area contributed by atoms with Gasteiger partial charge in [0.2, 0.25) is 0 Å². The maximum atomic E-state index is 5.52. The van der Waals surface area contributed by atoms with Crippen molar-refractivity contribution in [2.75, 3.05) is 13.2 Å². The third-order valence-corrected chi connectivity index (χ3v) is 5.89. The number of thiophene rings is 2. The first-order chi connectivity index (χ1) is 9.83. The first-order valence-corrected chi connectivity index (χ1v) is 8.98. The zero-order valence-electron chi connectivity index (χ0n) is 11.7. The van der Waals surface area contributed by atoms with Gasteiger partial charge in [0.1, 0.15) is 0 Å². The van der Waals surface area contributed by atoms with Crippen LogP contribution in [0, 0.1) is 5.92 Å². The average Bonchev–Trinajstić information content (AvgIpc) is 3.20. The molecular weight excluding hydrogens is 286 g/mol. The van der Waals surface area contributed by atoms with E-state index in [0.29, 0.717) is 18.0 Å². The maximum Gasteiger partial charge on any atom is 0.0509 e. The molecule has 0 amide bonds. The lowest BCUT2D eigenvalue weighted by molar-refractivity contribution is 0.176. The molecule has 1 aliphatic heterocycles. The number of rotatable bonds is 6. The number of hydrogen-bond donors (Lipinski definition) is 1. The Balaban J connectivity index is 1.68. The van der Waals surface area contributed by atoms with E-state index in [1.165, 1.54) is 16.2 Å². The highest BCUT2D eigenvalue weighted by Crippen LogP contribution is 2.27. The Bertz CT molecular complexity index is 489. The molecule has 2 aromatic heterocycles. The van der Waals surface area contributed by atoms with E-state index in [2.05, 4.69) is 47.3 Å². The van der Waals surface area contributed by atoms with Crippen molar-refractivity contribution < 1.29 is 4.74 Å². The van der Waals surface area contributed by atoms with Crippen LogP contribution in [0.1, 0.15) is 29.1 Å². The van der Waals surface area contributed by atoms with Crippen molar-refractivity contribution in [3.8, 4) is 0 Å². The Morgan fingerprint density at radius 3 is 2.80 bits per heavy atom. The molecule has 3 unspecified atom stereocenters. The molecule has 2 aromatic rings. The Morgan fingerprint density at radius 2 is 2.15 bits per heavy atom. The van der Waals surface area contributed by atoms with E-state index < -0.39 is 0 Å². The highest BCUT2D eigenvalue weighted by molar-refractivity contribution is 7.10. The maximum absolute atomic E-state index is 5.52. The van der Waals surface area contributed by atoms with Gasteiger partial charge < -0.3 is 10.1 Å². The van der Waals surface area contributed by atoms with Crippen LogP contribution in [-0.2, 0) is 11.2 Å². The molecule has 1 saturated heterocycles. The molecule has 0 saturated carbocycles. The normalized spacial score (nSPS) is 21.9. The van der Waals surface area contributed by atoms with Crippen molar-refractivity contribution in [3.63, 3.8) is 0 Å². The van der Waals surface area contributed by atoms with E-state index in [0.717, 1.165) is 19.6 Å². The van der Waals surface area contributed by atoms with Crippen molar-refractivity contribution in [2.24, 2.45) is 5.92 Å². The van der Waals surface area contributed by atoms with Crippen LogP contribution in [-0.4, -0.2) is 19.3 Å². The van der Waals surface area contributed by atoms with Crippen molar-refractivity contribution >= 4 is 22.7 Å². The molecule has 0 bridgehead atoms. The topological polar surface area (TPSA) is 21.3 Å². The molecule has 1 fully saturated rings. The van der Waals surface area contributed by atoms with Crippen LogP contribution >= 0.6 is 22.7 Å². The largest absolute Gasteiger partial charge is 0.381 e. The van der Waals surface area contributed by atoms with E-state index in [-0.39, 0.29) is 0 Å². The minimum Gasteiger partial charge on any atom is -0.381 e. The summed E-state index contributed by atoms with van der Waals surface area (Å²) < 4.78 is 5.52. The molecule has 3 rings (SSSR count). The van der Waals surface area contributed by atoms with Gasteiger partial charge in [-0.25, -0.2) is 0 Å². The van der Waals surface area contributed by atoms with Gasteiger partial charge in [-0.3, -0.25) is 0 Å². The number of nitrogens with one attached hydrogen (secondary N) is 1. The number of hydrogen-bond acceptors (Lipinski definition) is 4. The second kappa shape index (κ2) is 6.85. The average molecular weight is 307 g/mol. The Kier molecular flexibility index (Phi) is 4.89. The standard InChI is InChI=1S/C16H21NOS2/c1-12(13-6-7-18-11-13)17-15(16-5-3-9-20-16)10-14-4-2-8-19-14/h2-5,8-9,12-13,15,17H,6-7,10-11H2,1H3. The minimum absolute atomic E-state index is 0.421. The third-order valence-electron chi connectivity index (χ3n) is 4.01. The van der Waals surface area contributed by atoms with Gasteiger partial charge >= 0.3 is 0 Å². The van der Waals surface area contributed by atoms with Gasteiger partial charge in [-0.2, -0.15) is 0 Å². The molecule has 0 radical (unpaired) electrons. The van der Waals surface area contributed by atoms with Crippen LogP contribution in [0.5, 0.6) is 0 Å². The second-order valence-electron chi connectivity index (χ2n) is 5.43. The van der Waals surface area contributed by atoms with Crippen molar-refractivity contribution in [1.82, 2.24) is 5.32 Å². The zero-order chi connectivity index (χ0) is 13.8. The molecule has 0 aliphatic carbocycles. The molecule has 3 heterocycles.